The Kier molecular flexibility index (Phi) is 5.24. The molecule has 1 amide bonds. The Balaban J connectivity index is 1.46. The van der Waals surface area contributed by atoms with Gasteiger partial charge in [-0.05, 0) is 37.5 Å². The first-order valence-electron chi connectivity index (χ1n) is 8.55. The molecule has 1 aliphatic heterocycles. The van der Waals surface area contributed by atoms with Crippen LogP contribution in [0.4, 0.5) is 5.69 Å². The number of halogens is 1. The number of fused-ring (bicyclic) bond motifs is 1. The molecule has 1 aliphatic carbocycles. The second-order valence-electron chi connectivity index (χ2n) is 6.91. The lowest BCUT2D eigenvalue weighted by atomic mass is 9.71. The van der Waals surface area contributed by atoms with Crippen LogP contribution < -0.4 is 5.32 Å². The van der Waals surface area contributed by atoms with Gasteiger partial charge in [0, 0.05) is 42.7 Å². The number of aliphatic hydroxyl groups is 1. The van der Waals surface area contributed by atoms with Gasteiger partial charge < -0.3 is 15.3 Å². The maximum absolute atomic E-state index is 12.1. The molecule has 1 saturated carbocycles. The molecule has 2 aliphatic rings. The molecule has 0 spiro atoms. The van der Waals surface area contributed by atoms with E-state index in [1.54, 1.807) is 12.1 Å². The molecular weight excluding hydrogens is 312 g/mol. The molecule has 1 saturated heterocycles. The summed E-state index contributed by atoms with van der Waals surface area (Å²) in [7, 11) is 0. The van der Waals surface area contributed by atoms with E-state index in [2.05, 4.69) is 10.2 Å². The monoisotopic (exact) mass is 336 g/mol. The Morgan fingerprint density at radius 1 is 1.39 bits per heavy atom. The van der Waals surface area contributed by atoms with Gasteiger partial charge in [-0.1, -0.05) is 30.5 Å². The second-order valence-corrected chi connectivity index (χ2v) is 7.34. The highest BCUT2D eigenvalue weighted by Crippen LogP contribution is 2.39. The number of likely N-dealkylation sites (tertiary alicyclic amines) is 1. The maximum Gasteiger partial charge on any atom is 0.225 e. The topological polar surface area (TPSA) is 52.6 Å². The van der Waals surface area contributed by atoms with Crippen molar-refractivity contribution in [2.75, 3.05) is 25.0 Å². The average molecular weight is 337 g/mol. The van der Waals surface area contributed by atoms with Crippen LogP contribution in [0, 0.1) is 5.92 Å². The predicted molar refractivity (Wildman–Crippen MR) is 92.7 cm³/mol. The van der Waals surface area contributed by atoms with Crippen molar-refractivity contribution in [1.82, 2.24) is 4.90 Å². The van der Waals surface area contributed by atoms with Gasteiger partial charge in [0.15, 0.2) is 0 Å². The quantitative estimate of drug-likeness (QED) is 0.887. The smallest absolute Gasteiger partial charge is 0.225 e. The van der Waals surface area contributed by atoms with E-state index >= 15 is 0 Å². The largest absolute Gasteiger partial charge is 0.390 e. The van der Waals surface area contributed by atoms with Gasteiger partial charge in [-0.15, -0.1) is 0 Å². The van der Waals surface area contributed by atoms with Crippen molar-refractivity contribution in [2.24, 2.45) is 5.92 Å². The van der Waals surface area contributed by atoms with Gasteiger partial charge >= 0.3 is 0 Å². The molecule has 126 valence electrons. The molecule has 2 fully saturated rings. The number of hydrogen-bond donors (Lipinski definition) is 2. The highest BCUT2D eigenvalue weighted by atomic mass is 35.5. The van der Waals surface area contributed by atoms with Crippen LogP contribution in [0.25, 0.3) is 0 Å². The van der Waals surface area contributed by atoms with Crippen molar-refractivity contribution in [1.29, 1.82) is 0 Å². The molecule has 2 unspecified atom stereocenters. The van der Waals surface area contributed by atoms with Gasteiger partial charge in [0.25, 0.3) is 0 Å². The van der Waals surface area contributed by atoms with E-state index in [1.165, 1.54) is 6.42 Å². The van der Waals surface area contributed by atoms with E-state index in [4.69, 9.17) is 11.6 Å². The first-order chi connectivity index (χ1) is 11.0. The van der Waals surface area contributed by atoms with E-state index in [0.717, 1.165) is 51.0 Å². The fourth-order valence-electron chi connectivity index (χ4n) is 3.89. The van der Waals surface area contributed by atoms with Crippen LogP contribution in [0.1, 0.15) is 38.5 Å². The Morgan fingerprint density at radius 3 is 3.09 bits per heavy atom. The van der Waals surface area contributed by atoms with Crippen molar-refractivity contribution < 1.29 is 9.90 Å². The number of hydrogen-bond acceptors (Lipinski definition) is 3. The zero-order valence-electron chi connectivity index (χ0n) is 13.4. The number of anilines is 1. The third kappa shape index (κ3) is 4.25. The Hall–Kier alpha value is -1.10. The Morgan fingerprint density at radius 2 is 2.26 bits per heavy atom. The normalized spacial score (nSPS) is 28.2. The second kappa shape index (κ2) is 7.20. The summed E-state index contributed by atoms with van der Waals surface area (Å²) in [5, 5.41) is 14.2. The maximum atomic E-state index is 12.1. The summed E-state index contributed by atoms with van der Waals surface area (Å²) in [5.41, 5.74) is 0.292. The number of amides is 1. The molecule has 5 heteroatoms. The van der Waals surface area contributed by atoms with Gasteiger partial charge in [0.05, 0.1) is 5.60 Å². The van der Waals surface area contributed by atoms with Crippen molar-refractivity contribution >= 4 is 23.2 Å². The average Bonchev–Trinajstić information content (AvgIpc) is 2.52. The zero-order chi connectivity index (χ0) is 16.3. The minimum absolute atomic E-state index is 0.0109. The fourth-order valence-corrected chi connectivity index (χ4v) is 4.08. The zero-order valence-corrected chi connectivity index (χ0v) is 14.2. The summed E-state index contributed by atoms with van der Waals surface area (Å²) in [4.78, 5) is 14.4. The predicted octanol–water partition coefficient (Wildman–Crippen LogP) is 3.30. The van der Waals surface area contributed by atoms with E-state index in [1.807, 2.05) is 12.1 Å². The Labute approximate surface area is 142 Å². The highest BCUT2D eigenvalue weighted by molar-refractivity contribution is 6.30. The molecule has 23 heavy (non-hydrogen) atoms. The van der Waals surface area contributed by atoms with Crippen LogP contribution in [0.5, 0.6) is 0 Å². The van der Waals surface area contributed by atoms with Gasteiger partial charge in [-0.25, -0.2) is 0 Å². The summed E-state index contributed by atoms with van der Waals surface area (Å²) in [5.74, 6) is 0.387. The number of carbonyl (C=O) groups excluding carboxylic acids is 1. The molecule has 1 aromatic carbocycles. The molecular formula is C18H25ClN2O2. The van der Waals surface area contributed by atoms with Gasteiger partial charge in [-0.3, -0.25) is 4.79 Å². The molecule has 1 heterocycles. The SMILES string of the molecule is O=C(CCN1CCC2(O)CCCCC2C1)Nc1cccc(Cl)c1. The number of piperidine rings is 1. The molecule has 1 aromatic rings. The third-order valence-corrected chi connectivity index (χ3v) is 5.51. The molecule has 0 aromatic heterocycles. The summed E-state index contributed by atoms with van der Waals surface area (Å²) in [6.07, 6.45) is 5.73. The van der Waals surface area contributed by atoms with Crippen LogP contribution in [0.3, 0.4) is 0 Å². The number of carbonyl (C=O) groups is 1. The van der Waals surface area contributed by atoms with Gasteiger partial charge in [-0.2, -0.15) is 0 Å². The first kappa shape index (κ1) is 16.7. The molecule has 4 nitrogen and oxygen atoms in total. The van der Waals surface area contributed by atoms with Crippen LogP contribution >= 0.6 is 11.6 Å². The molecule has 2 atom stereocenters. The molecule has 0 radical (unpaired) electrons. The lowest BCUT2D eigenvalue weighted by Gasteiger charge is -2.47. The lowest BCUT2D eigenvalue weighted by Crippen LogP contribution is -2.53. The Bertz CT molecular complexity index is 566. The van der Waals surface area contributed by atoms with E-state index in [-0.39, 0.29) is 5.91 Å². The number of rotatable bonds is 4. The van der Waals surface area contributed by atoms with Crippen molar-refractivity contribution in [3.8, 4) is 0 Å². The minimum atomic E-state index is -0.447. The summed E-state index contributed by atoms with van der Waals surface area (Å²) < 4.78 is 0. The van der Waals surface area contributed by atoms with Gasteiger partial charge in [0.2, 0.25) is 5.91 Å². The number of nitrogens with zero attached hydrogens (tertiary/aromatic N) is 1. The van der Waals surface area contributed by atoms with Crippen LogP contribution in [-0.4, -0.2) is 41.1 Å². The first-order valence-corrected chi connectivity index (χ1v) is 8.93. The van der Waals surface area contributed by atoms with Crippen molar-refractivity contribution in [2.45, 2.75) is 44.1 Å². The summed E-state index contributed by atoms with van der Waals surface area (Å²) in [6, 6.07) is 7.21. The lowest BCUT2D eigenvalue weighted by molar-refractivity contribution is -0.117. The standard InChI is InChI=1S/C18H25ClN2O2/c19-15-5-3-6-16(12-15)20-17(22)7-10-21-11-9-18(23)8-2-1-4-14(18)13-21/h3,5-6,12,14,23H,1-2,4,7-11,13H2,(H,20,22). The van der Waals surface area contributed by atoms with E-state index in [0.29, 0.717) is 17.4 Å². The number of benzene rings is 1. The summed E-state index contributed by atoms with van der Waals surface area (Å²) >= 11 is 5.92. The van der Waals surface area contributed by atoms with E-state index < -0.39 is 5.60 Å². The van der Waals surface area contributed by atoms with Crippen LogP contribution in [-0.2, 0) is 4.79 Å². The van der Waals surface area contributed by atoms with Crippen molar-refractivity contribution in [3.05, 3.63) is 29.3 Å². The van der Waals surface area contributed by atoms with Crippen LogP contribution in [0.15, 0.2) is 24.3 Å². The molecule has 2 N–H and O–H groups in total. The fraction of sp³-hybridized carbons (Fsp3) is 0.611. The van der Waals surface area contributed by atoms with Crippen LogP contribution in [0.2, 0.25) is 5.02 Å². The van der Waals surface area contributed by atoms with Gasteiger partial charge in [0.1, 0.15) is 0 Å². The summed E-state index contributed by atoms with van der Waals surface area (Å²) in [6.45, 7) is 2.55. The van der Waals surface area contributed by atoms with Crippen molar-refractivity contribution in [3.63, 3.8) is 0 Å². The third-order valence-electron chi connectivity index (χ3n) is 5.28. The molecule has 0 bridgehead atoms. The van der Waals surface area contributed by atoms with E-state index in [9.17, 15) is 9.90 Å². The number of nitrogens with one attached hydrogen (secondary N) is 1. The molecule has 3 rings (SSSR count). The minimum Gasteiger partial charge on any atom is -0.390 e. The highest BCUT2D eigenvalue weighted by Gasteiger charge is 2.42.